The zero-order valence-electron chi connectivity index (χ0n) is 12.7. The zero-order chi connectivity index (χ0) is 15.6. The second-order valence-electron chi connectivity index (χ2n) is 6.36. The third kappa shape index (κ3) is 3.91. The fraction of sp³-hybridized carbons (Fsp3) is 0.643. The van der Waals surface area contributed by atoms with Crippen LogP contribution in [0.15, 0.2) is 16.9 Å². The van der Waals surface area contributed by atoms with Gasteiger partial charge in [0.2, 0.25) is 11.9 Å². The summed E-state index contributed by atoms with van der Waals surface area (Å²) >= 11 is 3.32. The number of amides is 1. The lowest BCUT2D eigenvalue weighted by atomic mass is 9.86. The van der Waals surface area contributed by atoms with E-state index in [0.29, 0.717) is 19.0 Å². The van der Waals surface area contributed by atoms with Gasteiger partial charge >= 0.3 is 0 Å². The lowest BCUT2D eigenvalue weighted by Crippen LogP contribution is -2.56. The maximum Gasteiger partial charge on any atom is 0.240 e. The molecule has 0 saturated carbocycles. The van der Waals surface area contributed by atoms with Gasteiger partial charge in [0.1, 0.15) is 0 Å². The van der Waals surface area contributed by atoms with Gasteiger partial charge in [0, 0.05) is 38.6 Å². The van der Waals surface area contributed by atoms with Gasteiger partial charge in [-0.15, -0.1) is 0 Å². The Morgan fingerprint density at radius 1 is 1.24 bits per heavy atom. The Labute approximate surface area is 133 Å². The van der Waals surface area contributed by atoms with Gasteiger partial charge in [0.25, 0.3) is 0 Å². The van der Waals surface area contributed by atoms with E-state index in [0.717, 1.165) is 17.6 Å². The molecule has 0 aromatic carbocycles. The molecular formula is C14H22BrN5O. The second kappa shape index (κ2) is 6.27. The van der Waals surface area contributed by atoms with E-state index in [4.69, 9.17) is 5.73 Å². The summed E-state index contributed by atoms with van der Waals surface area (Å²) in [4.78, 5) is 24.9. The average molecular weight is 356 g/mol. The van der Waals surface area contributed by atoms with Crippen LogP contribution in [-0.2, 0) is 4.79 Å². The number of hydrogen-bond donors (Lipinski definition) is 1. The molecule has 1 aromatic heterocycles. The summed E-state index contributed by atoms with van der Waals surface area (Å²) in [5.74, 6) is 0.726. The predicted molar refractivity (Wildman–Crippen MR) is 86.0 cm³/mol. The molecule has 1 fully saturated rings. The highest BCUT2D eigenvalue weighted by Crippen LogP contribution is 2.20. The van der Waals surface area contributed by atoms with Crippen LogP contribution >= 0.6 is 15.9 Å². The number of hydrogen-bond acceptors (Lipinski definition) is 5. The first-order valence-electron chi connectivity index (χ1n) is 7.06. The van der Waals surface area contributed by atoms with Crippen molar-refractivity contribution in [1.29, 1.82) is 0 Å². The van der Waals surface area contributed by atoms with Crippen LogP contribution in [0.4, 0.5) is 5.95 Å². The Morgan fingerprint density at radius 3 is 2.24 bits per heavy atom. The first-order chi connectivity index (χ1) is 9.79. The van der Waals surface area contributed by atoms with Crippen molar-refractivity contribution in [1.82, 2.24) is 14.9 Å². The van der Waals surface area contributed by atoms with E-state index in [2.05, 4.69) is 30.8 Å². The summed E-state index contributed by atoms with van der Waals surface area (Å²) < 4.78 is 0.858. The van der Waals surface area contributed by atoms with Gasteiger partial charge in [-0.2, -0.15) is 0 Å². The van der Waals surface area contributed by atoms with Gasteiger partial charge in [0.15, 0.2) is 0 Å². The van der Waals surface area contributed by atoms with Crippen molar-refractivity contribution in [3.8, 4) is 0 Å². The molecule has 21 heavy (non-hydrogen) atoms. The normalized spacial score (nSPS) is 17.8. The number of halogens is 1. The molecule has 0 aliphatic carbocycles. The molecular weight excluding hydrogens is 334 g/mol. The van der Waals surface area contributed by atoms with E-state index in [9.17, 15) is 4.79 Å². The molecule has 0 spiro atoms. The standard InChI is InChI=1S/C14H22BrN5O/c1-14(2,3)11(16)12(21)19-4-6-20(7-5-19)13-17-8-10(15)9-18-13/h8-9,11H,4-7,16H2,1-3H3/t11-/m1/s1. The van der Waals surface area contributed by atoms with Gasteiger partial charge in [-0.3, -0.25) is 4.79 Å². The number of nitrogens with two attached hydrogens (primary N) is 1. The molecule has 116 valence electrons. The van der Waals surface area contributed by atoms with Gasteiger partial charge in [-0.1, -0.05) is 20.8 Å². The molecule has 0 bridgehead atoms. The van der Waals surface area contributed by atoms with E-state index in [-0.39, 0.29) is 11.3 Å². The number of aromatic nitrogens is 2. The highest BCUT2D eigenvalue weighted by molar-refractivity contribution is 9.10. The SMILES string of the molecule is CC(C)(C)[C@H](N)C(=O)N1CCN(c2ncc(Br)cn2)CC1. The number of piperazine rings is 1. The number of nitrogens with zero attached hydrogens (tertiary/aromatic N) is 4. The van der Waals surface area contributed by atoms with Gasteiger partial charge < -0.3 is 15.5 Å². The molecule has 1 aliphatic heterocycles. The lowest BCUT2D eigenvalue weighted by molar-refractivity contribution is -0.135. The minimum Gasteiger partial charge on any atom is -0.338 e. The van der Waals surface area contributed by atoms with Crippen molar-refractivity contribution in [2.75, 3.05) is 31.1 Å². The van der Waals surface area contributed by atoms with Crippen molar-refractivity contribution in [3.63, 3.8) is 0 Å². The molecule has 6 nitrogen and oxygen atoms in total. The van der Waals surface area contributed by atoms with Crippen molar-refractivity contribution < 1.29 is 4.79 Å². The maximum absolute atomic E-state index is 12.4. The smallest absolute Gasteiger partial charge is 0.240 e. The van der Waals surface area contributed by atoms with Crippen LogP contribution in [-0.4, -0.2) is 53.0 Å². The number of rotatable bonds is 2. The summed E-state index contributed by atoms with van der Waals surface area (Å²) in [5, 5.41) is 0. The molecule has 2 rings (SSSR count). The van der Waals surface area contributed by atoms with Crippen molar-refractivity contribution in [2.24, 2.45) is 11.1 Å². The predicted octanol–water partition coefficient (Wildman–Crippen LogP) is 1.26. The summed E-state index contributed by atoms with van der Waals surface area (Å²) in [7, 11) is 0. The fourth-order valence-electron chi connectivity index (χ4n) is 2.16. The van der Waals surface area contributed by atoms with Crippen LogP contribution in [0.5, 0.6) is 0 Å². The fourth-order valence-corrected chi connectivity index (χ4v) is 2.37. The minimum atomic E-state index is -0.465. The molecule has 7 heteroatoms. The van der Waals surface area contributed by atoms with Crippen LogP contribution in [0.25, 0.3) is 0 Å². The van der Waals surface area contributed by atoms with Crippen LogP contribution < -0.4 is 10.6 Å². The number of carbonyl (C=O) groups excluding carboxylic acids is 1. The molecule has 2 heterocycles. The molecule has 1 amide bonds. The summed E-state index contributed by atoms with van der Waals surface area (Å²) in [5.41, 5.74) is 5.83. The highest BCUT2D eigenvalue weighted by atomic mass is 79.9. The minimum absolute atomic E-state index is 0.0267. The summed E-state index contributed by atoms with van der Waals surface area (Å²) in [6, 6.07) is -0.465. The van der Waals surface area contributed by atoms with Crippen LogP contribution in [0.2, 0.25) is 0 Å². The largest absolute Gasteiger partial charge is 0.338 e. The molecule has 0 unspecified atom stereocenters. The Morgan fingerprint density at radius 2 is 1.76 bits per heavy atom. The van der Waals surface area contributed by atoms with Crippen molar-refractivity contribution >= 4 is 27.8 Å². The van der Waals surface area contributed by atoms with Crippen molar-refractivity contribution in [3.05, 3.63) is 16.9 Å². The average Bonchev–Trinajstić information content (AvgIpc) is 2.46. The van der Waals surface area contributed by atoms with Crippen LogP contribution in [0, 0.1) is 5.41 Å². The Bertz CT molecular complexity index is 491. The molecule has 2 N–H and O–H groups in total. The zero-order valence-corrected chi connectivity index (χ0v) is 14.3. The molecule has 1 atom stereocenters. The lowest BCUT2D eigenvalue weighted by Gasteiger charge is -2.38. The quantitative estimate of drug-likeness (QED) is 0.864. The molecule has 1 aliphatic rings. The molecule has 1 aromatic rings. The Balaban J connectivity index is 1.94. The molecule has 0 radical (unpaired) electrons. The topological polar surface area (TPSA) is 75.4 Å². The van der Waals surface area contributed by atoms with Gasteiger partial charge in [-0.25, -0.2) is 9.97 Å². The number of carbonyl (C=O) groups is 1. The first-order valence-corrected chi connectivity index (χ1v) is 7.85. The van der Waals surface area contributed by atoms with Crippen LogP contribution in [0.3, 0.4) is 0 Å². The van der Waals surface area contributed by atoms with E-state index in [1.54, 1.807) is 12.4 Å². The van der Waals surface area contributed by atoms with E-state index < -0.39 is 6.04 Å². The summed E-state index contributed by atoms with van der Waals surface area (Å²) in [6.07, 6.45) is 3.46. The maximum atomic E-state index is 12.4. The van der Waals surface area contributed by atoms with Crippen LogP contribution in [0.1, 0.15) is 20.8 Å². The molecule has 1 saturated heterocycles. The van der Waals surface area contributed by atoms with Gasteiger partial charge in [0.05, 0.1) is 10.5 Å². The van der Waals surface area contributed by atoms with E-state index >= 15 is 0 Å². The summed E-state index contributed by atoms with van der Waals surface area (Å²) in [6.45, 7) is 8.73. The van der Waals surface area contributed by atoms with Crippen molar-refractivity contribution in [2.45, 2.75) is 26.8 Å². The monoisotopic (exact) mass is 355 g/mol. The number of anilines is 1. The van der Waals surface area contributed by atoms with Gasteiger partial charge in [-0.05, 0) is 21.3 Å². The first kappa shape index (κ1) is 16.2. The highest BCUT2D eigenvalue weighted by Gasteiger charge is 2.32. The second-order valence-corrected chi connectivity index (χ2v) is 7.27. The third-order valence-electron chi connectivity index (χ3n) is 3.68. The van der Waals surface area contributed by atoms with E-state index in [1.807, 2.05) is 25.7 Å². The Kier molecular flexibility index (Phi) is 4.83. The third-order valence-corrected chi connectivity index (χ3v) is 4.09. The van der Waals surface area contributed by atoms with E-state index in [1.165, 1.54) is 0 Å². The Hall–Kier alpha value is -1.21.